The first-order valence-corrected chi connectivity index (χ1v) is 23.8. The Morgan fingerprint density at radius 3 is 0.318 bits per heavy atom. The molecule has 0 heteroatoms. The maximum atomic E-state index is 2.57. The molecule has 0 saturated carbocycles. The first-order chi connectivity index (χ1) is 32.8. The van der Waals surface area contributed by atoms with Crippen molar-refractivity contribution in [3.05, 3.63) is 121 Å². The van der Waals surface area contributed by atoms with E-state index in [2.05, 4.69) is 121 Å². The lowest BCUT2D eigenvalue weighted by molar-refractivity contribution is 1.83. The van der Waals surface area contributed by atoms with Gasteiger partial charge in [-0.2, -0.15) is 0 Å². The second-order valence-corrected chi connectivity index (χ2v) is 21.5. The maximum Gasteiger partial charge on any atom is -0.0000000234 e. The van der Waals surface area contributed by atoms with Gasteiger partial charge in [0.05, 0.1) is 0 Å². The lowest BCUT2D eigenvalue weighted by atomic mass is 9.67. The molecule has 0 heterocycles. The van der Waals surface area contributed by atoms with E-state index in [0.29, 0.717) is 0 Å². The van der Waals surface area contributed by atoms with Crippen LogP contribution >= 0.6 is 0 Å². The van der Waals surface area contributed by atoms with Crippen LogP contribution in [0.5, 0.6) is 0 Å². The fourth-order valence-corrected chi connectivity index (χ4v) is 17.8. The number of rotatable bonds is 0. The molecule has 0 spiro atoms. The summed E-state index contributed by atoms with van der Waals surface area (Å²) in [5.41, 5.74) is 0. The summed E-state index contributed by atoms with van der Waals surface area (Å²) in [5, 5.41) is 66.9. The highest BCUT2D eigenvalue weighted by atomic mass is 14.4. The summed E-state index contributed by atoms with van der Waals surface area (Å²) >= 11 is 0. The van der Waals surface area contributed by atoms with Crippen molar-refractivity contribution in [1.82, 2.24) is 0 Å². The van der Waals surface area contributed by atoms with Crippen molar-refractivity contribution in [1.29, 1.82) is 0 Å². The highest BCUT2D eigenvalue weighted by Crippen LogP contribution is 2.68. The lowest BCUT2D eigenvalue weighted by Gasteiger charge is -2.34. The van der Waals surface area contributed by atoms with Gasteiger partial charge >= 0.3 is 0 Å². The first kappa shape index (κ1) is 28.3. The summed E-state index contributed by atoms with van der Waals surface area (Å²) in [6.07, 6.45) is 0. The molecule has 66 heavy (non-hydrogen) atoms. The molecule has 284 valence electrons. The van der Waals surface area contributed by atoms with Gasteiger partial charge in [0.2, 0.25) is 0 Å². The van der Waals surface area contributed by atoms with Crippen molar-refractivity contribution >= 4 is 248 Å². The van der Waals surface area contributed by atoms with Gasteiger partial charge in [0.15, 0.2) is 0 Å². The molecule has 0 bridgehead atoms. The van der Waals surface area contributed by atoms with Crippen LogP contribution in [-0.2, 0) is 0 Å². The molecular formula is C66H20. The quantitative estimate of drug-likeness (QED) is 0.106. The van der Waals surface area contributed by atoms with E-state index >= 15 is 0 Å². The molecule has 0 nitrogen and oxygen atoms in total. The fraction of sp³-hybridized carbons (Fsp3) is 0. The van der Waals surface area contributed by atoms with Gasteiger partial charge in [-0.15, -0.1) is 0 Å². The Labute approximate surface area is 367 Å². The van der Waals surface area contributed by atoms with Crippen LogP contribution < -0.4 is 0 Å². The van der Waals surface area contributed by atoms with E-state index in [1.54, 1.807) is 0 Å². The van der Waals surface area contributed by atoms with Crippen LogP contribution in [0.2, 0.25) is 0 Å². The largest absolute Gasteiger partial charge is 0.0537 e. The molecule has 0 atom stereocenters. The summed E-state index contributed by atoms with van der Waals surface area (Å²) in [6, 6.07) is 49.7. The minimum atomic E-state index is 1.37. The summed E-state index contributed by atoms with van der Waals surface area (Å²) in [7, 11) is 0. The Kier molecular flexibility index (Phi) is 3.32. The Balaban J connectivity index is 1.25. The number of hydrogen-bond acceptors (Lipinski definition) is 0. The zero-order chi connectivity index (χ0) is 40.7. The molecule has 0 aliphatic rings. The average Bonchev–Trinajstić information content (AvgIpc) is 3.35. The Bertz CT molecular complexity index is 5560. The molecule has 24 aromatic rings. The van der Waals surface area contributed by atoms with Gasteiger partial charge in [-0.1, -0.05) is 72.8 Å². The van der Waals surface area contributed by atoms with Crippen LogP contribution in [0.1, 0.15) is 0 Å². The normalized spacial score (nSPS) is 15.0. The van der Waals surface area contributed by atoms with Gasteiger partial charge in [0, 0.05) is 0 Å². The van der Waals surface area contributed by atoms with Gasteiger partial charge in [-0.05, 0) is 296 Å². The predicted molar refractivity (Wildman–Crippen MR) is 288 cm³/mol. The van der Waals surface area contributed by atoms with E-state index in [1.165, 1.54) is 248 Å². The molecule has 24 rings (SSSR count). The molecule has 0 N–H and O–H groups in total. The van der Waals surface area contributed by atoms with Crippen LogP contribution in [0.15, 0.2) is 121 Å². The molecule has 0 saturated heterocycles. The van der Waals surface area contributed by atoms with Crippen LogP contribution in [0.3, 0.4) is 0 Å². The van der Waals surface area contributed by atoms with Crippen LogP contribution in [0.25, 0.3) is 248 Å². The molecule has 0 fully saturated rings. The Morgan fingerprint density at radius 1 is 0.0909 bits per heavy atom. The van der Waals surface area contributed by atoms with Gasteiger partial charge in [0.25, 0.3) is 0 Å². The number of hydrogen-bond donors (Lipinski definition) is 0. The monoisotopic (exact) mass is 812 g/mol. The first-order valence-electron chi connectivity index (χ1n) is 23.8. The second kappa shape index (κ2) is 7.76. The highest BCUT2D eigenvalue weighted by molar-refractivity contribution is 6.70. The molecular weight excluding hydrogens is 793 g/mol. The van der Waals surface area contributed by atoms with E-state index in [9.17, 15) is 0 Å². The molecule has 0 aliphatic heterocycles. The summed E-state index contributed by atoms with van der Waals surface area (Å²) < 4.78 is 0. The van der Waals surface area contributed by atoms with E-state index in [1.807, 2.05) is 0 Å². The fourth-order valence-electron chi connectivity index (χ4n) is 17.8. The standard InChI is InChI=1S/C66H20/c1-2-22-14-26-6-10-30-18-34-20-32-12-8-28-16-24-4-3-23-15-27-7-11-31-19-33-17-29-9-5-25-13-21(1)35-36(22)50-40(26)44(30)54-48(34)56-46(32)42(28)52-38(24)37(23)51-41(27)45(31)55-47(33)53-43(29)39(25)49(35)57-58(50)62(54)66-64(56)60(52)59(51)63(55)65(66)61(53)57/h1-20H. The van der Waals surface area contributed by atoms with Crippen LogP contribution in [0, 0.1) is 0 Å². The van der Waals surface area contributed by atoms with E-state index in [0.717, 1.165) is 0 Å². The lowest BCUT2D eigenvalue weighted by Crippen LogP contribution is -2.05. The van der Waals surface area contributed by atoms with Crippen molar-refractivity contribution in [2.75, 3.05) is 0 Å². The van der Waals surface area contributed by atoms with Gasteiger partial charge < -0.3 is 0 Å². The SMILES string of the molecule is c1cc2cc3ccc4cc5cc6ccc7cc8ccc9cc%10ccc%11cc%12cc%13ccc%14cc1c1c2c2c3c4c3c5c4c6c7c5c8c9c6c%10c%11c7c%12c8c%13c%14c1c1c2c3c2c4c5c6c7c2c81. The Morgan fingerprint density at radius 2 is 0.182 bits per heavy atom. The smallest absolute Gasteiger partial charge is 0.0000000234 e. The van der Waals surface area contributed by atoms with E-state index in [-0.39, 0.29) is 0 Å². The van der Waals surface area contributed by atoms with Gasteiger partial charge in [-0.3, -0.25) is 0 Å². The minimum absolute atomic E-state index is 1.37. The third-order valence-electron chi connectivity index (χ3n) is 19.4. The molecule has 0 amide bonds. The average molecular weight is 813 g/mol. The summed E-state index contributed by atoms with van der Waals surface area (Å²) in [5.74, 6) is 0. The van der Waals surface area contributed by atoms with Crippen molar-refractivity contribution in [3.63, 3.8) is 0 Å². The van der Waals surface area contributed by atoms with E-state index in [4.69, 9.17) is 0 Å². The molecule has 0 aromatic heterocycles. The third-order valence-corrected chi connectivity index (χ3v) is 19.4. The van der Waals surface area contributed by atoms with Crippen molar-refractivity contribution in [3.8, 4) is 0 Å². The maximum absolute atomic E-state index is 2.57. The van der Waals surface area contributed by atoms with Crippen molar-refractivity contribution < 1.29 is 0 Å². The van der Waals surface area contributed by atoms with Gasteiger partial charge in [0.1, 0.15) is 0 Å². The molecule has 24 aromatic carbocycles. The van der Waals surface area contributed by atoms with Crippen molar-refractivity contribution in [2.45, 2.75) is 0 Å². The molecule has 0 unspecified atom stereocenters. The molecule has 0 aliphatic carbocycles. The topological polar surface area (TPSA) is 0 Å². The Hall–Kier alpha value is -8.58. The third kappa shape index (κ3) is 2.20. The minimum Gasteiger partial charge on any atom is -0.0537 e. The van der Waals surface area contributed by atoms with Crippen LogP contribution in [0.4, 0.5) is 0 Å². The summed E-state index contributed by atoms with van der Waals surface area (Å²) in [4.78, 5) is 0. The van der Waals surface area contributed by atoms with Crippen molar-refractivity contribution in [2.24, 2.45) is 0 Å². The summed E-state index contributed by atoms with van der Waals surface area (Å²) in [6.45, 7) is 0. The highest BCUT2D eigenvalue weighted by Gasteiger charge is 2.38. The predicted octanol–water partition coefficient (Wildman–Crippen LogP) is 19.2. The molecule has 0 radical (unpaired) electrons. The number of benzene rings is 24. The zero-order valence-corrected chi connectivity index (χ0v) is 34.5. The zero-order valence-electron chi connectivity index (χ0n) is 34.5. The second-order valence-electron chi connectivity index (χ2n) is 21.5. The van der Waals surface area contributed by atoms with Crippen LogP contribution in [-0.4, -0.2) is 0 Å². The van der Waals surface area contributed by atoms with Gasteiger partial charge in [-0.25, -0.2) is 0 Å². The van der Waals surface area contributed by atoms with E-state index < -0.39 is 0 Å².